The van der Waals surface area contributed by atoms with Crippen LogP contribution in [0.1, 0.15) is 44.6 Å². The summed E-state index contributed by atoms with van der Waals surface area (Å²) in [5.41, 5.74) is 1.70. The Kier molecular flexibility index (Phi) is 9.14. The van der Waals surface area contributed by atoms with Crippen LogP contribution >= 0.6 is 0 Å². The number of carbonyl (C=O) groups is 2. The lowest BCUT2D eigenvalue weighted by Crippen LogP contribution is -2.53. The molecule has 1 saturated heterocycles. The number of anilines is 1. The number of piperidine rings is 1. The number of likely N-dealkylation sites (tertiary alicyclic amines) is 1. The molecule has 0 radical (unpaired) electrons. The van der Waals surface area contributed by atoms with Gasteiger partial charge in [-0.15, -0.1) is 0 Å². The van der Waals surface area contributed by atoms with Crippen LogP contribution in [0.2, 0.25) is 0 Å². The lowest BCUT2D eigenvalue weighted by atomic mass is 9.80. The van der Waals surface area contributed by atoms with Crippen molar-refractivity contribution in [3.05, 3.63) is 65.7 Å². The molecule has 2 fully saturated rings. The van der Waals surface area contributed by atoms with Gasteiger partial charge in [0.1, 0.15) is 11.6 Å². The standard InChI is InChI=1S/C29H38F2N4O2/c1-20(36)34(2)27-13-14-28(33-29(37)32-26-11-9-25(31)10-12-26)23(17-27)19-35-15-3-4-22(18-35)16-21-5-7-24(30)8-6-21/h5-12,22-23,27-28H,3-4,13-19H2,1-2H3,(H2,32,33,37)/t22-,23-,27+,28+/m0/s1. The van der Waals surface area contributed by atoms with Crippen LogP contribution in [0.25, 0.3) is 0 Å². The Morgan fingerprint density at radius 3 is 2.35 bits per heavy atom. The molecule has 1 aliphatic carbocycles. The highest BCUT2D eigenvalue weighted by Crippen LogP contribution is 2.31. The summed E-state index contributed by atoms with van der Waals surface area (Å²) in [5.74, 6) is 0.203. The first kappa shape index (κ1) is 27.0. The highest BCUT2D eigenvalue weighted by atomic mass is 19.1. The average Bonchev–Trinajstić information content (AvgIpc) is 2.87. The van der Waals surface area contributed by atoms with E-state index < -0.39 is 0 Å². The van der Waals surface area contributed by atoms with Gasteiger partial charge in [-0.25, -0.2) is 13.6 Å². The van der Waals surface area contributed by atoms with Crippen LogP contribution in [0.15, 0.2) is 48.5 Å². The Hall–Kier alpha value is -3.00. The third kappa shape index (κ3) is 7.74. The third-order valence-electron chi connectivity index (χ3n) is 7.95. The zero-order valence-electron chi connectivity index (χ0n) is 21.8. The Bertz CT molecular complexity index is 1050. The van der Waals surface area contributed by atoms with Crippen molar-refractivity contribution in [1.29, 1.82) is 0 Å². The summed E-state index contributed by atoms with van der Waals surface area (Å²) >= 11 is 0. The van der Waals surface area contributed by atoms with Gasteiger partial charge in [-0.1, -0.05) is 12.1 Å². The molecule has 0 aromatic heterocycles. The highest BCUT2D eigenvalue weighted by Gasteiger charge is 2.35. The van der Waals surface area contributed by atoms with Gasteiger partial charge < -0.3 is 20.4 Å². The molecule has 37 heavy (non-hydrogen) atoms. The quantitative estimate of drug-likeness (QED) is 0.545. The third-order valence-corrected chi connectivity index (χ3v) is 7.95. The number of hydrogen-bond acceptors (Lipinski definition) is 3. The molecule has 4 rings (SSSR count). The van der Waals surface area contributed by atoms with Gasteiger partial charge in [-0.2, -0.15) is 0 Å². The summed E-state index contributed by atoms with van der Waals surface area (Å²) in [6.07, 6.45) is 5.64. The van der Waals surface area contributed by atoms with Crippen LogP contribution in [0.3, 0.4) is 0 Å². The summed E-state index contributed by atoms with van der Waals surface area (Å²) in [4.78, 5) is 29.2. The molecule has 200 valence electrons. The predicted octanol–water partition coefficient (Wildman–Crippen LogP) is 5.06. The molecule has 0 unspecified atom stereocenters. The Labute approximate surface area is 218 Å². The van der Waals surface area contributed by atoms with Gasteiger partial charge >= 0.3 is 6.03 Å². The normalized spacial score (nSPS) is 24.3. The van der Waals surface area contributed by atoms with E-state index in [0.29, 0.717) is 11.6 Å². The summed E-state index contributed by atoms with van der Waals surface area (Å²) in [6.45, 7) is 4.43. The van der Waals surface area contributed by atoms with E-state index in [-0.39, 0.29) is 41.6 Å². The minimum Gasteiger partial charge on any atom is -0.343 e. The van der Waals surface area contributed by atoms with Crippen molar-refractivity contribution in [1.82, 2.24) is 15.1 Å². The predicted molar refractivity (Wildman–Crippen MR) is 141 cm³/mol. The highest BCUT2D eigenvalue weighted by molar-refractivity contribution is 5.89. The lowest BCUT2D eigenvalue weighted by molar-refractivity contribution is -0.130. The first-order chi connectivity index (χ1) is 17.8. The van der Waals surface area contributed by atoms with Gasteiger partial charge in [-0.3, -0.25) is 4.79 Å². The molecule has 2 aromatic rings. The second-order valence-corrected chi connectivity index (χ2v) is 10.7. The summed E-state index contributed by atoms with van der Waals surface area (Å²) in [6, 6.07) is 12.4. The van der Waals surface area contributed by atoms with Crippen LogP contribution < -0.4 is 10.6 Å². The minimum absolute atomic E-state index is 0.0190. The number of urea groups is 1. The molecule has 4 atom stereocenters. The van der Waals surface area contributed by atoms with Crippen LogP contribution in [0.5, 0.6) is 0 Å². The van der Waals surface area contributed by atoms with Gasteiger partial charge in [0.25, 0.3) is 0 Å². The number of nitrogens with zero attached hydrogens (tertiary/aromatic N) is 2. The number of nitrogens with one attached hydrogen (secondary N) is 2. The maximum absolute atomic E-state index is 13.3. The van der Waals surface area contributed by atoms with E-state index in [1.54, 1.807) is 19.1 Å². The van der Waals surface area contributed by atoms with Crippen molar-refractivity contribution in [2.45, 2.75) is 57.5 Å². The van der Waals surface area contributed by atoms with Gasteiger partial charge in [0.05, 0.1) is 0 Å². The second-order valence-electron chi connectivity index (χ2n) is 10.7. The zero-order chi connectivity index (χ0) is 26.4. The number of benzene rings is 2. The Morgan fingerprint density at radius 2 is 1.68 bits per heavy atom. The van der Waals surface area contributed by atoms with E-state index in [1.165, 1.54) is 24.3 Å². The Morgan fingerprint density at radius 1 is 1.00 bits per heavy atom. The largest absolute Gasteiger partial charge is 0.343 e. The lowest BCUT2D eigenvalue weighted by Gasteiger charge is -2.43. The van der Waals surface area contributed by atoms with Crippen molar-refractivity contribution >= 4 is 17.6 Å². The Balaban J connectivity index is 1.39. The van der Waals surface area contributed by atoms with E-state index in [4.69, 9.17) is 0 Å². The van der Waals surface area contributed by atoms with Gasteiger partial charge in [0.2, 0.25) is 5.91 Å². The van der Waals surface area contributed by atoms with Gasteiger partial charge in [-0.05, 0) is 98.9 Å². The molecule has 2 aromatic carbocycles. The molecule has 8 heteroatoms. The van der Waals surface area contributed by atoms with Crippen molar-refractivity contribution in [2.75, 3.05) is 32.0 Å². The fourth-order valence-electron chi connectivity index (χ4n) is 5.88. The van der Waals surface area contributed by atoms with E-state index in [0.717, 1.165) is 63.7 Å². The van der Waals surface area contributed by atoms with Crippen LogP contribution in [-0.4, -0.2) is 60.5 Å². The van der Waals surface area contributed by atoms with Crippen molar-refractivity contribution < 1.29 is 18.4 Å². The summed E-state index contributed by atoms with van der Waals surface area (Å²) in [7, 11) is 1.86. The first-order valence-electron chi connectivity index (χ1n) is 13.3. The van der Waals surface area contributed by atoms with E-state index in [2.05, 4.69) is 15.5 Å². The number of hydrogen-bond donors (Lipinski definition) is 2. The summed E-state index contributed by atoms with van der Waals surface area (Å²) in [5, 5.41) is 5.97. The smallest absolute Gasteiger partial charge is 0.319 e. The molecule has 6 nitrogen and oxygen atoms in total. The van der Waals surface area contributed by atoms with Gasteiger partial charge in [0.15, 0.2) is 0 Å². The van der Waals surface area contributed by atoms with Crippen molar-refractivity contribution in [3.63, 3.8) is 0 Å². The van der Waals surface area contributed by atoms with E-state index >= 15 is 0 Å². The molecule has 1 aliphatic heterocycles. The molecule has 1 saturated carbocycles. The molecule has 0 spiro atoms. The first-order valence-corrected chi connectivity index (χ1v) is 13.3. The monoisotopic (exact) mass is 512 g/mol. The molecular formula is C29H38F2N4O2. The molecule has 1 heterocycles. The SMILES string of the molecule is CC(=O)N(C)[C@@H]1CC[C@@H](NC(=O)Nc2ccc(F)cc2)[C@H](CN2CCC[C@@H](Cc3ccc(F)cc3)C2)C1. The fourth-order valence-corrected chi connectivity index (χ4v) is 5.88. The van der Waals surface area contributed by atoms with E-state index in [9.17, 15) is 18.4 Å². The fraction of sp³-hybridized carbons (Fsp3) is 0.517. The maximum Gasteiger partial charge on any atom is 0.319 e. The number of halogens is 2. The zero-order valence-corrected chi connectivity index (χ0v) is 21.8. The number of amides is 3. The van der Waals surface area contributed by atoms with Crippen molar-refractivity contribution in [3.8, 4) is 0 Å². The van der Waals surface area contributed by atoms with Crippen LogP contribution in [0, 0.1) is 23.5 Å². The number of carbonyl (C=O) groups excluding carboxylic acids is 2. The average molecular weight is 513 g/mol. The number of rotatable bonds is 7. The topological polar surface area (TPSA) is 64.7 Å². The van der Waals surface area contributed by atoms with E-state index in [1.807, 2.05) is 24.1 Å². The van der Waals surface area contributed by atoms with Crippen LogP contribution in [-0.2, 0) is 11.2 Å². The van der Waals surface area contributed by atoms with Crippen molar-refractivity contribution in [2.24, 2.45) is 11.8 Å². The molecule has 2 aliphatic rings. The molecule has 3 amide bonds. The second kappa shape index (κ2) is 12.5. The molecule has 2 N–H and O–H groups in total. The van der Waals surface area contributed by atoms with Crippen LogP contribution in [0.4, 0.5) is 19.3 Å². The van der Waals surface area contributed by atoms with Gasteiger partial charge in [0, 0.05) is 44.8 Å². The summed E-state index contributed by atoms with van der Waals surface area (Å²) < 4.78 is 26.5. The molecular weight excluding hydrogens is 474 g/mol. The molecule has 0 bridgehead atoms. The minimum atomic E-state index is -0.349. The maximum atomic E-state index is 13.3.